The van der Waals surface area contributed by atoms with Crippen molar-refractivity contribution in [2.45, 2.75) is 26.2 Å². The second-order valence-corrected chi connectivity index (χ2v) is 14.3. The molecule has 158 valence electrons. The van der Waals surface area contributed by atoms with Crippen molar-refractivity contribution in [1.29, 1.82) is 0 Å². The van der Waals surface area contributed by atoms with Gasteiger partial charge in [0.2, 0.25) is 0 Å². The maximum absolute atomic E-state index is 5.53. The number of hydrogen-bond acceptors (Lipinski definition) is 4. The first-order chi connectivity index (χ1) is 15.4. The van der Waals surface area contributed by atoms with E-state index in [4.69, 9.17) is 9.41 Å². The molecule has 5 rings (SSSR count). The Morgan fingerprint density at radius 3 is 2.69 bits per heavy atom. The van der Waals surface area contributed by atoms with Crippen molar-refractivity contribution in [3.63, 3.8) is 0 Å². The zero-order valence-corrected chi connectivity index (χ0v) is 20.6. The van der Waals surface area contributed by atoms with E-state index in [1.165, 1.54) is 6.39 Å². The molecule has 7 heteroatoms. The number of hydrogen-bond donors (Lipinski definition) is 0. The lowest BCUT2D eigenvalue weighted by atomic mass is 9.98. The molecule has 0 spiro atoms. The van der Waals surface area contributed by atoms with Crippen LogP contribution >= 0.6 is 15.9 Å². The summed E-state index contributed by atoms with van der Waals surface area (Å²) in [6, 6.07) is 14.5. The summed E-state index contributed by atoms with van der Waals surface area (Å²) in [7, 11) is -1.49. The normalized spacial score (nSPS) is 12.8. The first kappa shape index (κ1) is 20.7. The van der Waals surface area contributed by atoms with Crippen LogP contribution in [0.5, 0.6) is 0 Å². The molecule has 0 bridgehead atoms. The van der Waals surface area contributed by atoms with Gasteiger partial charge in [0.1, 0.15) is 20.1 Å². The molecule has 0 radical (unpaired) electrons. The smallest absolute Gasteiger partial charge is 0.181 e. The Balaban J connectivity index is 1.73. The van der Waals surface area contributed by atoms with Crippen LogP contribution < -0.4 is 0 Å². The summed E-state index contributed by atoms with van der Waals surface area (Å²) in [5.41, 5.74) is 10.2. The third kappa shape index (κ3) is 3.88. The van der Waals surface area contributed by atoms with Gasteiger partial charge in [-0.1, -0.05) is 59.7 Å². The molecule has 32 heavy (non-hydrogen) atoms. The maximum atomic E-state index is 5.53. The molecule has 0 saturated heterocycles. The highest BCUT2D eigenvalue weighted by molar-refractivity contribution is 9.10. The Kier molecular flexibility index (Phi) is 5.20. The molecule has 1 aliphatic rings. The number of aromatic nitrogens is 3. The molecule has 0 aliphatic carbocycles. The van der Waals surface area contributed by atoms with Crippen LogP contribution in [0, 0.1) is 11.5 Å². The Bertz CT molecular complexity index is 1400. The fourth-order valence-electron chi connectivity index (χ4n) is 3.67. The monoisotopic (exact) mass is 500 g/mol. The number of aliphatic imine (C=N–C) groups is 1. The van der Waals surface area contributed by atoms with Gasteiger partial charge in [0, 0.05) is 21.2 Å². The zero-order chi connectivity index (χ0) is 22.3. The molecular formula is C25H21BrN4OSi. The standard InChI is InChI=1S/C25H21BrN4OSi/c1-32(2,3)11-10-17-8-9-21-19(12-17)24(18-6-4-5-7-20(18)26)28-13-22-25(29-15-30(21)22)23-14-27-16-31-23/h4-9,12,14-16H,13H2,1-3H3. The number of benzene rings is 2. The minimum Gasteiger partial charge on any atom is -0.442 e. The van der Waals surface area contributed by atoms with E-state index in [0.29, 0.717) is 12.3 Å². The SMILES string of the molecule is C[Si](C)(C)C#Cc1ccc2c(c1)C(c1ccccc1Br)=NCc1c(-c3cnco3)ncn1-2. The van der Waals surface area contributed by atoms with Gasteiger partial charge in [-0.15, -0.1) is 5.54 Å². The highest BCUT2D eigenvalue weighted by atomic mass is 79.9. The maximum Gasteiger partial charge on any atom is 0.181 e. The number of imidazole rings is 1. The van der Waals surface area contributed by atoms with Crippen molar-refractivity contribution in [2.75, 3.05) is 0 Å². The Labute approximate surface area is 196 Å². The number of fused-ring (bicyclic) bond motifs is 3. The van der Waals surface area contributed by atoms with E-state index in [-0.39, 0.29) is 0 Å². The van der Waals surface area contributed by atoms with Crippen LogP contribution in [0.4, 0.5) is 0 Å². The van der Waals surface area contributed by atoms with Gasteiger partial charge in [-0.2, -0.15) is 0 Å². The van der Waals surface area contributed by atoms with E-state index in [9.17, 15) is 0 Å². The largest absolute Gasteiger partial charge is 0.442 e. The number of oxazole rings is 1. The molecule has 0 atom stereocenters. The molecule has 0 saturated carbocycles. The fourth-order valence-corrected chi connectivity index (χ4v) is 4.66. The molecule has 0 N–H and O–H groups in total. The van der Waals surface area contributed by atoms with Crippen LogP contribution in [0.25, 0.3) is 17.1 Å². The Morgan fingerprint density at radius 1 is 1.09 bits per heavy atom. The van der Waals surface area contributed by atoms with Crippen molar-refractivity contribution in [3.05, 3.63) is 88.2 Å². The molecule has 2 aromatic heterocycles. The van der Waals surface area contributed by atoms with Gasteiger partial charge in [-0.25, -0.2) is 9.97 Å². The van der Waals surface area contributed by atoms with Crippen molar-refractivity contribution in [1.82, 2.24) is 14.5 Å². The van der Waals surface area contributed by atoms with Crippen LogP contribution in [0.1, 0.15) is 22.4 Å². The third-order valence-electron chi connectivity index (χ3n) is 5.14. The summed E-state index contributed by atoms with van der Waals surface area (Å²) < 4.78 is 8.63. The first-order valence-electron chi connectivity index (χ1n) is 10.3. The highest BCUT2D eigenvalue weighted by Gasteiger charge is 2.24. The number of nitrogens with zero attached hydrogens (tertiary/aromatic N) is 4. The average Bonchev–Trinajstić information content (AvgIpc) is 3.40. The molecule has 4 aromatic rings. The van der Waals surface area contributed by atoms with Gasteiger partial charge >= 0.3 is 0 Å². The van der Waals surface area contributed by atoms with Crippen molar-refractivity contribution < 1.29 is 4.42 Å². The fraction of sp³-hybridized carbons (Fsp3) is 0.160. The molecule has 5 nitrogen and oxygen atoms in total. The molecule has 0 amide bonds. The third-order valence-corrected chi connectivity index (χ3v) is 6.71. The van der Waals surface area contributed by atoms with Crippen LogP contribution in [0.2, 0.25) is 19.6 Å². The molecule has 0 fully saturated rings. The van der Waals surface area contributed by atoms with Crippen LogP contribution in [0.15, 0.2) is 75.3 Å². The molecular weight excluding hydrogens is 480 g/mol. The van der Waals surface area contributed by atoms with E-state index in [1.807, 2.05) is 24.5 Å². The lowest BCUT2D eigenvalue weighted by Crippen LogP contribution is -2.16. The predicted octanol–water partition coefficient (Wildman–Crippen LogP) is 5.87. The Morgan fingerprint density at radius 2 is 1.94 bits per heavy atom. The second-order valence-electron chi connectivity index (χ2n) is 8.65. The summed E-state index contributed by atoms with van der Waals surface area (Å²) in [6.07, 6.45) is 4.94. The number of halogens is 1. The van der Waals surface area contributed by atoms with Crippen molar-refractivity contribution in [2.24, 2.45) is 4.99 Å². The summed E-state index contributed by atoms with van der Waals surface area (Å²) in [5.74, 6) is 4.03. The first-order valence-corrected chi connectivity index (χ1v) is 14.6. The minimum absolute atomic E-state index is 0.470. The molecule has 1 aliphatic heterocycles. The van der Waals surface area contributed by atoms with E-state index < -0.39 is 8.07 Å². The summed E-state index contributed by atoms with van der Waals surface area (Å²) >= 11 is 3.71. The average molecular weight is 501 g/mol. The Hall–Kier alpha value is -3.21. The lowest BCUT2D eigenvalue weighted by molar-refractivity contribution is 0.569. The molecule has 3 heterocycles. The van der Waals surface area contributed by atoms with E-state index in [2.05, 4.69) is 85.8 Å². The zero-order valence-electron chi connectivity index (χ0n) is 18.1. The van der Waals surface area contributed by atoms with Gasteiger partial charge in [0.05, 0.1) is 29.8 Å². The van der Waals surface area contributed by atoms with Gasteiger partial charge < -0.3 is 4.42 Å². The van der Waals surface area contributed by atoms with Crippen molar-refractivity contribution in [3.8, 4) is 28.6 Å². The lowest BCUT2D eigenvalue weighted by Gasteiger charge is -2.13. The second kappa shape index (κ2) is 8.04. The molecule has 0 unspecified atom stereocenters. The van der Waals surface area contributed by atoms with E-state index in [0.717, 1.165) is 44.0 Å². The van der Waals surface area contributed by atoms with Gasteiger partial charge in [0.25, 0.3) is 0 Å². The summed E-state index contributed by atoms with van der Waals surface area (Å²) in [5, 5.41) is 0. The minimum atomic E-state index is -1.49. The predicted molar refractivity (Wildman–Crippen MR) is 133 cm³/mol. The van der Waals surface area contributed by atoms with E-state index in [1.54, 1.807) is 6.20 Å². The molecule has 2 aromatic carbocycles. The quantitative estimate of drug-likeness (QED) is 0.255. The number of rotatable bonds is 2. The topological polar surface area (TPSA) is 56.2 Å². The van der Waals surface area contributed by atoms with Gasteiger partial charge in [-0.3, -0.25) is 9.56 Å². The highest BCUT2D eigenvalue weighted by Crippen LogP contribution is 2.32. The van der Waals surface area contributed by atoms with Gasteiger partial charge in [0.15, 0.2) is 12.2 Å². The van der Waals surface area contributed by atoms with Crippen LogP contribution in [-0.2, 0) is 6.54 Å². The van der Waals surface area contributed by atoms with Crippen LogP contribution in [-0.4, -0.2) is 28.3 Å². The summed E-state index contributed by atoms with van der Waals surface area (Å²) in [6.45, 7) is 7.22. The van der Waals surface area contributed by atoms with Crippen LogP contribution in [0.3, 0.4) is 0 Å². The summed E-state index contributed by atoms with van der Waals surface area (Å²) in [4.78, 5) is 13.7. The van der Waals surface area contributed by atoms with Crippen molar-refractivity contribution >= 4 is 29.7 Å². The van der Waals surface area contributed by atoms with E-state index >= 15 is 0 Å². The van der Waals surface area contributed by atoms with Gasteiger partial charge in [-0.05, 0) is 24.3 Å².